The molecule has 0 amide bonds. The number of amidine groups is 1. The highest BCUT2D eigenvalue weighted by molar-refractivity contribution is 8.16. The van der Waals surface area contributed by atoms with Crippen LogP contribution in [0, 0.1) is 5.92 Å². The number of thioether (sulfide) groups is 1. The molecule has 0 saturated carbocycles. The molecule has 2 atom stereocenters. The largest absolute Gasteiger partial charge is 0.468 e. The maximum atomic E-state index is 12.6. The number of hydrogen-bond acceptors (Lipinski definition) is 11. The van der Waals surface area contributed by atoms with Crippen LogP contribution in [-0.4, -0.2) is 68.4 Å². The van der Waals surface area contributed by atoms with Crippen molar-refractivity contribution in [1.29, 1.82) is 0 Å². The van der Waals surface area contributed by atoms with E-state index in [-0.39, 0.29) is 5.17 Å². The number of carbonyl (C=O) groups excluding carboxylic acids is 4. The Hall–Kier alpha value is -2.82. The molecule has 0 N–H and O–H groups in total. The van der Waals surface area contributed by atoms with Crippen molar-refractivity contribution in [2.24, 2.45) is 10.9 Å². The molecule has 146 valence electrons. The van der Waals surface area contributed by atoms with Gasteiger partial charge in [-0.2, -0.15) is 0 Å². The Bertz CT molecular complexity index is 785. The number of esters is 4. The molecule has 0 fully saturated rings. The summed E-state index contributed by atoms with van der Waals surface area (Å²) in [4.78, 5) is 55.6. The molecule has 2 unspecified atom stereocenters. The number of methoxy groups -OCH3 is 4. The Morgan fingerprint density at radius 1 is 0.963 bits per heavy atom. The zero-order valence-corrected chi connectivity index (χ0v) is 16.1. The number of fused-ring (bicyclic) bond motifs is 1. The molecule has 0 radical (unpaired) electrons. The van der Waals surface area contributed by atoms with Gasteiger partial charge in [0, 0.05) is 5.70 Å². The minimum atomic E-state index is -1.53. The fourth-order valence-corrected chi connectivity index (χ4v) is 3.66. The third kappa shape index (κ3) is 3.54. The van der Waals surface area contributed by atoms with Crippen LogP contribution in [0.15, 0.2) is 27.4 Å². The van der Waals surface area contributed by atoms with E-state index in [9.17, 15) is 19.2 Å². The molecule has 0 spiro atoms. The summed E-state index contributed by atoms with van der Waals surface area (Å²) in [6.07, 6.45) is 0. The van der Waals surface area contributed by atoms with E-state index < -0.39 is 47.1 Å². The zero-order chi connectivity index (χ0) is 20.3. The number of carbonyl (C=O) groups is 4. The molecule has 0 aromatic rings. The normalized spacial score (nSPS) is 21.4. The Labute approximate surface area is 159 Å². The number of nitrogens with zero attached hydrogens (tertiary/aromatic N) is 2. The lowest BCUT2D eigenvalue weighted by molar-refractivity contribution is -0.156. The number of rotatable bonds is 4. The van der Waals surface area contributed by atoms with E-state index in [2.05, 4.69) is 4.99 Å². The van der Waals surface area contributed by atoms with Crippen LogP contribution in [-0.2, 0) is 38.1 Å². The molecule has 2 heterocycles. The molecule has 2 aliphatic rings. The van der Waals surface area contributed by atoms with Crippen molar-refractivity contribution in [2.45, 2.75) is 13.0 Å². The molecular formula is C16H18N2O8S. The Balaban J connectivity index is 2.86. The van der Waals surface area contributed by atoms with E-state index >= 15 is 0 Å². The topological polar surface area (TPSA) is 121 Å². The van der Waals surface area contributed by atoms with Crippen molar-refractivity contribution in [3.8, 4) is 0 Å². The van der Waals surface area contributed by atoms with Crippen LogP contribution in [0.1, 0.15) is 6.92 Å². The van der Waals surface area contributed by atoms with Crippen molar-refractivity contribution in [1.82, 2.24) is 4.90 Å². The van der Waals surface area contributed by atoms with Crippen LogP contribution in [0.5, 0.6) is 0 Å². The summed E-state index contributed by atoms with van der Waals surface area (Å²) < 4.78 is 19.1. The summed E-state index contributed by atoms with van der Waals surface area (Å²) in [7, 11) is 4.41. The van der Waals surface area contributed by atoms with Gasteiger partial charge in [0.2, 0.25) is 0 Å². The second-order valence-corrected chi connectivity index (χ2v) is 6.19. The summed E-state index contributed by atoms with van der Waals surface area (Å²) in [6.45, 7) is 1.68. The van der Waals surface area contributed by atoms with Crippen molar-refractivity contribution in [3.05, 3.63) is 22.4 Å². The fourth-order valence-electron chi connectivity index (χ4n) is 2.75. The first kappa shape index (κ1) is 20.5. The molecular weight excluding hydrogens is 380 g/mol. The zero-order valence-electron chi connectivity index (χ0n) is 15.3. The number of aliphatic imine (C=N–C) groups is 1. The first-order chi connectivity index (χ1) is 12.8. The Kier molecular flexibility index (Phi) is 6.26. The summed E-state index contributed by atoms with van der Waals surface area (Å²) in [5.41, 5.74) is -0.318. The summed E-state index contributed by atoms with van der Waals surface area (Å²) in [5, 5.41) is 1.89. The second kappa shape index (κ2) is 8.25. The second-order valence-electron chi connectivity index (χ2n) is 5.36. The summed E-state index contributed by atoms with van der Waals surface area (Å²) >= 11 is 1.11. The third-order valence-corrected chi connectivity index (χ3v) is 4.93. The molecule has 0 bridgehead atoms. The van der Waals surface area contributed by atoms with Crippen LogP contribution < -0.4 is 0 Å². The number of ether oxygens (including phenoxy) is 4. The van der Waals surface area contributed by atoms with E-state index in [1.165, 1.54) is 4.90 Å². The lowest BCUT2D eigenvalue weighted by Gasteiger charge is -2.31. The first-order valence-corrected chi connectivity index (χ1v) is 8.48. The van der Waals surface area contributed by atoms with Gasteiger partial charge in [0.15, 0.2) is 16.9 Å². The van der Waals surface area contributed by atoms with Gasteiger partial charge in [-0.05, 0) is 12.3 Å². The van der Waals surface area contributed by atoms with Crippen molar-refractivity contribution < 1.29 is 38.1 Å². The van der Waals surface area contributed by atoms with E-state index in [0.717, 1.165) is 40.2 Å². The quantitative estimate of drug-likeness (QED) is 0.479. The summed E-state index contributed by atoms with van der Waals surface area (Å²) in [5.74, 6) is -5.27. The monoisotopic (exact) mass is 398 g/mol. The van der Waals surface area contributed by atoms with Crippen LogP contribution >= 0.6 is 11.8 Å². The van der Waals surface area contributed by atoms with Gasteiger partial charge < -0.3 is 23.8 Å². The predicted molar refractivity (Wildman–Crippen MR) is 93.0 cm³/mol. The number of hydrogen-bond donors (Lipinski definition) is 0. The van der Waals surface area contributed by atoms with E-state index in [1.54, 1.807) is 12.3 Å². The Morgan fingerprint density at radius 3 is 2.07 bits per heavy atom. The molecule has 0 saturated heterocycles. The van der Waals surface area contributed by atoms with Crippen LogP contribution in [0.3, 0.4) is 0 Å². The molecule has 0 aromatic carbocycles. The van der Waals surface area contributed by atoms with Gasteiger partial charge in [-0.1, -0.05) is 11.8 Å². The average Bonchev–Trinajstić information content (AvgIpc) is 2.96. The molecule has 11 heteroatoms. The molecule has 27 heavy (non-hydrogen) atoms. The van der Waals surface area contributed by atoms with Crippen LogP contribution in [0.2, 0.25) is 0 Å². The smallest absolute Gasteiger partial charge is 0.357 e. The van der Waals surface area contributed by atoms with Gasteiger partial charge in [-0.15, -0.1) is 0 Å². The minimum absolute atomic E-state index is 0.205. The van der Waals surface area contributed by atoms with Gasteiger partial charge in [0.25, 0.3) is 0 Å². The van der Waals surface area contributed by atoms with E-state index in [1.807, 2.05) is 0 Å². The summed E-state index contributed by atoms with van der Waals surface area (Å²) in [6, 6.07) is -1.33. The molecule has 0 aromatic heterocycles. The average molecular weight is 398 g/mol. The SMILES string of the molecule is COC(=O)C1=C(C(=O)OC)C(C(=O)OC)C(C(=O)OC)N2C(C)=CSC2=N1. The maximum absolute atomic E-state index is 12.6. The molecule has 0 aliphatic carbocycles. The lowest BCUT2D eigenvalue weighted by Crippen LogP contribution is -2.50. The van der Waals surface area contributed by atoms with Crippen molar-refractivity contribution in [3.63, 3.8) is 0 Å². The van der Waals surface area contributed by atoms with Gasteiger partial charge in [0.05, 0.1) is 34.0 Å². The van der Waals surface area contributed by atoms with Gasteiger partial charge >= 0.3 is 23.9 Å². The van der Waals surface area contributed by atoms with Gasteiger partial charge in [0.1, 0.15) is 5.92 Å². The highest BCUT2D eigenvalue weighted by Gasteiger charge is 2.51. The van der Waals surface area contributed by atoms with E-state index in [0.29, 0.717) is 5.70 Å². The van der Waals surface area contributed by atoms with Crippen molar-refractivity contribution in [2.75, 3.05) is 28.4 Å². The minimum Gasteiger partial charge on any atom is -0.468 e. The highest BCUT2D eigenvalue weighted by atomic mass is 32.2. The third-order valence-electron chi connectivity index (χ3n) is 3.97. The van der Waals surface area contributed by atoms with Crippen molar-refractivity contribution >= 4 is 40.8 Å². The first-order valence-electron chi connectivity index (χ1n) is 7.60. The van der Waals surface area contributed by atoms with Gasteiger partial charge in [-0.25, -0.2) is 19.4 Å². The van der Waals surface area contributed by atoms with E-state index in [4.69, 9.17) is 18.9 Å². The molecule has 10 nitrogen and oxygen atoms in total. The van der Waals surface area contributed by atoms with Gasteiger partial charge in [-0.3, -0.25) is 4.79 Å². The molecule has 2 rings (SSSR count). The Morgan fingerprint density at radius 2 is 1.56 bits per heavy atom. The highest BCUT2D eigenvalue weighted by Crippen LogP contribution is 2.38. The van der Waals surface area contributed by atoms with Crippen LogP contribution in [0.4, 0.5) is 0 Å². The fraction of sp³-hybridized carbons (Fsp3) is 0.438. The predicted octanol–water partition coefficient (Wildman–Crippen LogP) is 0.197. The maximum Gasteiger partial charge on any atom is 0.357 e. The standard InChI is InChI=1S/C16H18N2O8S/c1-7-6-27-16-17-10(14(21)25-4)8(12(19)23-2)9(13(20)24-3)11(18(7)16)15(22)26-5/h6,9,11H,1-5H3. The lowest BCUT2D eigenvalue weighted by atomic mass is 9.88. The van der Waals surface area contributed by atoms with Crippen LogP contribution in [0.25, 0.3) is 0 Å². The number of allylic oxidation sites excluding steroid dienone is 1. The molecule has 2 aliphatic heterocycles.